The third-order valence-electron chi connectivity index (χ3n) is 3.28. The van der Waals surface area contributed by atoms with E-state index in [1.807, 2.05) is 0 Å². The minimum atomic E-state index is -0.171. The van der Waals surface area contributed by atoms with Crippen LogP contribution < -0.4 is 5.73 Å². The average molecular weight is 297 g/mol. The largest absolute Gasteiger partial charge is 0.369 e. The number of benzene rings is 1. The maximum absolute atomic E-state index is 11.1. The van der Waals surface area contributed by atoms with E-state index in [-0.39, 0.29) is 11.8 Å². The molecule has 4 heteroatoms. The molecular weight excluding hydrogens is 280 g/mol. The first kappa shape index (κ1) is 12.6. The standard InChI is InChI=1S/C13H17BrN2O/c1-9-2-3-10(12(14)6-9)7-16-5-4-11(8-16)13(15)17/h2-3,6,11H,4-5,7-8H2,1H3,(H2,15,17)/t11-/m1/s1. The molecule has 2 N–H and O–H groups in total. The first-order valence-corrected chi connectivity index (χ1v) is 6.62. The maximum Gasteiger partial charge on any atom is 0.221 e. The molecule has 1 heterocycles. The first-order valence-electron chi connectivity index (χ1n) is 5.83. The molecule has 1 aromatic carbocycles. The summed E-state index contributed by atoms with van der Waals surface area (Å²) in [6.07, 6.45) is 0.888. The Bertz CT molecular complexity index is 433. The van der Waals surface area contributed by atoms with Gasteiger partial charge in [0.05, 0.1) is 5.92 Å². The molecule has 1 aromatic rings. The van der Waals surface area contributed by atoms with Gasteiger partial charge in [-0.2, -0.15) is 0 Å². The minimum absolute atomic E-state index is 0.0271. The van der Waals surface area contributed by atoms with E-state index in [4.69, 9.17) is 5.73 Å². The van der Waals surface area contributed by atoms with E-state index >= 15 is 0 Å². The molecule has 3 nitrogen and oxygen atoms in total. The number of carbonyl (C=O) groups excluding carboxylic acids is 1. The molecule has 1 saturated heterocycles. The van der Waals surface area contributed by atoms with Gasteiger partial charge in [0.1, 0.15) is 0 Å². The lowest BCUT2D eigenvalue weighted by atomic mass is 10.1. The summed E-state index contributed by atoms with van der Waals surface area (Å²) in [6, 6.07) is 6.37. The predicted octanol–water partition coefficient (Wildman–Crippen LogP) is 2.06. The van der Waals surface area contributed by atoms with Crippen LogP contribution in [0, 0.1) is 12.8 Å². The normalized spacial score (nSPS) is 20.7. The molecule has 1 amide bonds. The smallest absolute Gasteiger partial charge is 0.221 e. The summed E-state index contributed by atoms with van der Waals surface area (Å²) in [4.78, 5) is 13.4. The van der Waals surface area contributed by atoms with Crippen LogP contribution >= 0.6 is 15.9 Å². The third kappa shape index (κ3) is 3.07. The molecule has 1 aliphatic rings. The highest BCUT2D eigenvalue weighted by atomic mass is 79.9. The molecule has 1 atom stereocenters. The number of likely N-dealkylation sites (tertiary alicyclic amines) is 1. The molecular formula is C13H17BrN2O. The van der Waals surface area contributed by atoms with Gasteiger partial charge >= 0.3 is 0 Å². The van der Waals surface area contributed by atoms with Crippen molar-refractivity contribution in [2.45, 2.75) is 19.9 Å². The summed E-state index contributed by atoms with van der Waals surface area (Å²) in [7, 11) is 0. The Labute approximate surface area is 110 Å². The Morgan fingerprint density at radius 3 is 2.94 bits per heavy atom. The molecule has 1 aliphatic heterocycles. The van der Waals surface area contributed by atoms with Gasteiger partial charge in [-0.15, -0.1) is 0 Å². The second-order valence-corrected chi connectivity index (χ2v) is 5.57. The maximum atomic E-state index is 11.1. The summed E-state index contributed by atoms with van der Waals surface area (Å²) in [5, 5.41) is 0. The van der Waals surface area contributed by atoms with Crippen LogP contribution in [0.15, 0.2) is 22.7 Å². The monoisotopic (exact) mass is 296 g/mol. The highest BCUT2D eigenvalue weighted by Gasteiger charge is 2.26. The Morgan fingerprint density at radius 1 is 1.59 bits per heavy atom. The fourth-order valence-electron chi connectivity index (χ4n) is 2.23. The molecule has 0 saturated carbocycles. The highest BCUT2D eigenvalue weighted by molar-refractivity contribution is 9.10. The van der Waals surface area contributed by atoms with E-state index in [0.717, 1.165) is 30.5 Å². The third-order valence-corrected chi connectivity index (χ3v) is 4.02. The van der Waals surface area contributed by atoms with Gasteiger partial charge in [-0.1, -0.05) is 28.1 Å². The molecule has 0 unspecified atom stereocenters. The number of primary amides is 1. The Hall–Kier alpha value is -0.870. The second-order valence-electron chi connectivity index (χ2n) is 4.72. The average Bonchev–Trinajstić information content (AvgIpc) is 2.71. The fraction of sp³-hybridized carbons (Fsp3) is 0.462. The number of nitrogens with two attached hydrogens (primary N) is 1. The summed E-state index contributed by atoms with van der Waals surface area (Å²) >= 11 is 3.58. The number of rotatable bonds is 3. The number of hydrogen-bond acceptors (Lipinski definition) is 2. The predicted molar refractivity (Wildman–Crippen MR) is 71.5 cm³/mol. The van der Waals surface area contributed by atoms with Crippen molar-refractivity contribution >= 4 is 21.8 Å². The second kappa shape index (κ2) is 5.19. The van der Waals surface area contributed by atoms with Crippen molar-refractivity contribution in [3.63, 3.8) is 0 Å². The van der Waals surface area contributed by atoms with Crippen molar-refractivity contribution in [3.05, 3.63) is 33.8 Å². The molecule has 0 aromatic heterocycles. The van der Waals surface area contributed by atoms with Gasteiger partial charge in [-0.25, -0.2) is 0 Å². The number of nitrogens with zero attached hydrogens (tertiary/aromatic N) is 1. The van der Waals surface area contributed by atoms with E-state index in [2.05, 4.69) is 46.0 Å². The summed E-state index contributed by atoms with van der Waals surface area (Å²) in [6.45, 7) is 4.70. The van der Waals surface area contributed by atoms with Crippen molar-refractivity contribution in [3.8, 4) is 0 Å². The molecule has 0 radical (unpaired) electrons. The summed E-state index contributed by atoms with van der Waals surface area (Å²) in [5.41, 5.74) is 7.84. The molecule has 17 heavy (non-hydrogen) atoms. The van der Waals surface area contributed by atoms with Crippen LogP contribution in [0.4, 0.5) is 0 Å². The van der Waals surface area contributed by atoms with Gasteiger partial charge in [-0.05, 0) is 37.1 Å². The van der Waals surface area contributed by atoms with E-state index in [1.54, 1.807) is 0 Å². The van der Waals surface area contributed by atoms with Crippen LogP contribution in [0.3, 0.4) is 0 Å². The van der Waals surface area contributed by atoms with Gasteiger partial charge < -0.3 is 5.73 Å². The first-order chi connectivity index (χ1) is 8.06. The van der Waals surface area contributed by atoms with Crippen molar-refractivity contribution < 1.29 is 4.79 Å². The van der Waals surface area contributed by atoms with Crippen LogP contribution in [0.2, 0.25) is 0 Å². The topological polar surface area (TPSA) is 46.3 Å². The van der Waals surface area contributed by atoms with Gasteiger partial charge in [-0.3, -0.25) is 9.69 Å². The number of halogens is 1. The van der Waals surface area contributed by atoms with Crippen LogP contribution in [0.1, 0.15) is 17.5 Å². The Kier molecular flexibility index (Phi) is 3.84. The zero-order valence-electron chi connectivity index (χ0n) is 9.95. The number of carbonyl (C=O) groups is 1. The van der Waals surface area contributed by atoms with Gasteiger partial charge in [0, 0.05) is 17.6 Å². The molecule has 0 spiro atoms. The lowest BCUT2D eigenvalue weighted by Gasteiger charge is -2.16. The van der Waals surface area contributed by atoms with Gasteiger partial charge in [0.15, 0.2) is 0 Å². The molecule has 0 aliphatic carbocycles. The molecule has 1 fully saturated rings. The molecule has 92 valence electrons. The lowest BCUT2D eigenvalue weighted by molar-refractivity contribution is -0.121. The quantitative estimate of drug-likeness (QED) is 0.928. The number of hydrogen-bond donors (Lipinski definition) is 1. The van der Waals surface area contributed by atoms with Crippen molar-refractivity contribution in [1.82, 2.24) is 4.90 Å². The van der Waals surface area contributed by atoms with Crippen LogP contribution in [-0.2, 0) is 11.3 Å². The van der Waals surface area contributed by atoms with Gasteiger partial charge in [0.2, 0.25) is 5.91 Å². The van der Waals surface area contributed by atoms with Gasteiger partial charge in [0.25, 0.3) is 0 Å². The summed E-state index contributed by atoms with van der Waals surface area (Å²) < 4.78 is 1.14. The van der Waals surface area contributed by atoms with Crippen LogP contribution in [0.5, 0.6) is 0 Å². The molecule has 2 rings (SSSR count). The highest BCUT2D eigenvalue weighted by Crippen LogP contribution is 2.23. The van der Waals surface area contributed by atoms with E-state index in [9.17, 15) is 4.79 Å². The van der Waals surface area contributed by atoms with E-state index < -0.39 is 0 Å². The van der Waals surface area contributed by atoms with E-state index in [0.29, 0.717) is 0 Å². The zero-order chi connectivity index (χ0) is 12.4. The number of aryl methyl sites for hydroxylation is 1. The fourth-order valence-corrected chi connectivity index (χ4v) is 2.85. The van der Waals surface area contributed by atoms with E-state index in [1.165, 1.54) is 11.1 Å². The zero-order valence-corrected chi connectivity index (χ0v) is 11.5. The van der Waals surface area contributed by atoms with Crippen LogP contribution in [-0.4, -0.2) is 23.9 Å². The number of amides is 1. The Balaban J connectivity index is 2.00. The SMILES string of the molecule is Cc1ccc(CN2CC[C@@H](C(N)=O)C2)c(Br)c1. The Morgan fingerprint density at radius 2 is 2.35 bits per heavy atom. The lowest BCUT2D eigenvalue weighted by Crippen LogP contribution is -2.27. The molecule has 0 bridgehead atoms. The van der Waals surface area contributed by atoms with Crippen LogP contribution in [0.25, 0.3) is 0 Å². The van der Waals surface area contributed by atoms with Crippen molar-refractivity contribution in [2.75, 3.05) is 13.1 Å². The minimum Gasteiger partial charge on any atom is -0.369 e. The van der Waals surface area contributed by atoms with Crippen molar-refractivity contribution in [1.29, 1.82) is 0 Å². The van der Waals surface area contributed by atoms with Crippen molar-refractivity contribution in [2.24, 2.45) is 11.7 Å². The summed E-state index contributed by atoms with van der Waals surface area (Å²) in [5.74, 6) is -0.144.